The third-order valence-corrected chi connectivity index (χ3v) is 5.23. The van der Waals surface area contributed by atoms with Crippen LogP contribution in [0.3, 0.4) is 0 Å². The number of nitrogens with one attached hydrogen (secondary N) is 1. The Labute approximate surface area is 140 Å². The second kappa shape index (κ2) is 6.75. The molecule has 1 amide bonds. The number of halogens is 3. The van der Waals surface area contributed by atoms with Crippen LogP contribution in [0.4, 0.5) is 13.2 Å². The van der Waals surface area contributed by atoms with Crippen LogP contribution in [-0.2, 0) is 11.0 Å². The Morgan fingerprint density at radius 3 is 2.54 bits per heavy atom. The van der Waals surface area contributed by atoms with Crippen LogP contribution in [-0.4, -0.2) is 36.0 Å². The van der Waals surface area contributed by atoms with E-state index in [1.165, 1.54) is 12.1 Å². The van der Waals surface area contributed by atoms with Crippen molar-refractivity contribution in [2.75, 3.05) is 13.1 Å². The summed E-state index contributed by atoms with van der Waals surface area (Å²) < 4.78 is 37.9. The van der Waals surface area contributed by atoms with Gasteiger partial charge in [0.15, 0.2) is 0 Å². The van der Waals surface area contributed by atoms with E-state index in [1.54, 1.807) is 0 Å². The van der Waals surface area contributed by atoms with Crippen molar-refractivity contribution in [1.29, 1.82) is 0 Å². The zero-order valence-electron chi connectivity index (χ0n) is 13.8. The predicted octanol–water partition coefficient (Wildman–Crippen LogP) is 3.55. The third kappa shape index (κ3) is 3.58. The van der Waals surface area contributed by atoms with Crippen LogP contribution in [0.5, 0.6) is 0 Å². The van der Waals surface area contributed by atoms with Gasteiger partial charge in [0.25, 0.3) is 0 Å². The summed E-state index contributed by atoms with van der Waals surface area (Å²) in [7, 11) is 0. The van der Waals surface area contributed by atoms with E-state index in [1.807, 2.05) is 11.8 Å². The quantitative estimate of drug-likeness (QED) is 0.913. The van der Waals surface area contributed by atoms with Gasteiger partial charge in [-0.1, -0.05) is 19.1 Å². The van der Waals surface area contributed by atoms with Crippen molar-refractivity contribution >= 4 is 5.91 Å². The Morgan fingerprint density at radius 1 is 1.21 bits per heavy atom. The fourth-order valence-electron chi connectivity index (χ4n) is 3.88. The number of rotatable bonds is 3. The van der Waals surface area contributed by atoms with Gasteiger partial charge in [-0.15, -0.1) is 0 Å². The molecule has 0 saturated carbocycles. The first-order valence-electron chi connectivity index (χ1n) is 8.55. The van der Waals surface area contributed by atoms with E-state index >= 15 is 0 Å². The minimum Gasteiger partial charge on any atom is -0.335 e. The summed E-state index contributed by atoms with van der Waals surface area (Å²) in [5.41, 5.74) is 0.123. The van der Waals surface area contributed by atoms with Crippen molar-refractivity contribution in [2.45, 2.75) is 56.8 Å². The summed E-state index contributed by atoms with van der Waals surface area (Å²) in [5, 5.41) is 3.37. The molecule has 2 saturated heterocycles. The fourth-order valence-corrected chi connectivity index (χ4v) is 3.88. The highest BCUT2D eigenvalue weighted by molar-refractivity contribution is 5.78. The van der Waals surface area contributed by atoms with Crippen LogP contribution in [0, 0.1) is 0 Å². The first-order valence-corrected chi connectivity index (χ1v) is 8.55. The van der Waals surface area contributed by atoms with Crippen molar-refractivity contribution in [1.82, 2.24) is 10.2 Å². The van der Waals surface area contributed by atoms with Gasteiger partial charge in [-0.25, -0.2) is 0 Å². The number of fused-ring (bicyclic) bond motifs is 2. The minimum atomic E-state index is -4.32. The zero-order valence-corrected chi connectivity index (χ0v) is 13.8. The second-order valence-corrected chi connectivity index (χ2v) is 6.90. The minimum absolute atomic E-state index is 0.0876. The number of benzene rings is 1. The summed E-state index contributed by atoms with van der Waals surface area (Å²) in [4.78, 5) is 14.8. The van der Waals surface area contributed by atoms with Gasteiger partial charge in [-0.3, -0.25) is 4.79 Å². The molecule has 2 heterocycles. The lowest BCUT2D eigenvalue weighted by Gasteiger charge is -2.29. The highest BCUT2D eigenvalue weighted by Gasteiger charge is 2.38. The van der Waals surface area contributed by atoms with Crippen LogP contribution in [0.15, 0.2) is 24.3 Å². The number of hydrogen-bond donors (Lipinski definition) is 1. The molecule has 132 valence electrons. The number of carbonyl (C=O) groups excluding carboxylic acids is 1. The molecule has 2 aliphatic rings. The molecule has 2 fully saturated rings. The van der Waals surface area contributed by atoms with Gasteiger partial charge in [0, 0.05) is 25.0 Å². The van der Waals surface area contributed by atoms with Crippen LogP contribution in [0.25, 0.3) is 0 Å². The van der Waals surface area contributed by atoms with Gasteiger partial charge in [0.05, 0.1) is 5.56 Å². The molecule has 24 heavy (non-hydrogen) atoms. The van der Waals surface area contributed by atoms with Gasteiger partial charge < -0.3 is 10.2 Å². The SMILES string of the molecule is CC(CC(=O)N1C2CCNCC1CC2)c1ccc(C(F)(F)F)cc1. The van der Waals surface area contributed by atoms with E-state index in [9.17, 15) is 18.0 Å². The molecule has 3 rings (SSSR count). The number of amides is 1. The van der Waals surface area contributed by atoms with E-state index in [4.69, 9.17) is 0 Å². The Morgan fingerprint density at radius 2 is 1.88 bits per heavy atom. The average Bonchev–Trinajstić information content (AvgIpc) is 2.79. The first-order chi connectivity index (χ1) is 11.4. The molecule has 3 unspecified atom stereocenters. The molecule has 3 nitrogen and oxygen atoms in total. The zero-order chi connectivity index (χ0) is 17.3. The molecule has 2 bridgehead atoms. The van der Waals surface area contributed by atoms with Crippen molar-refractivity contribution < 1.29 is 18.0 Å². The van der Waals surface area contributed by atoms with Crippen molar-refractivity contribution in [3.05, 3.63) is 35.4 Å². The van der Waals surface area contributed by atoms with Crippen LogP contribution in [0.1, 0.15) is 49.7 Å². The Bertz CT molecular complexity index is 571. The lowest BCUT2D eigenvalue weighted by atomic mass is 9.95. The molecule has 1 aromatic rings. The molecule has 3 atom stereocenters. The maximum atomic E-state index is 12.7. The second-order valence-electron chi connectivity index (χ2n) is 6.90. The smallest absolute Gasteiger partial charge is 0.335 e. The third-order valence-electron chi connectivity index (χ3n) is 5.23. The van der Waals surface area contributed by atoms with E-state index in [0.717, 1.165) is 50.0 Å². The van der Waals surface area contributed by atoms with Gasteiger partial charge in [-0.2, -0.15) is 13.2 Å². The Balaban J connectivity index is 1.66. The summed E-state index contributed by atoms with van der Waals surface area (Å²) in [5.74, 6) is 0.0361. The van der Waals surface area contributed by atoms with E-state index in [-0.39, 0.29) is 17.9 Å². The summed E-state index contributed by atoms with van der Waals surface area (Å²) in [6, 6.07) is 5.74. The lowest BCUT2D eigenvalue weighted by Crippen LogP contribution is -2.42. The van der Waals surface area contributed by atoms with Gasteiger partial charge >= 0.3 is 6.18 Å². The molecular weight excluding hydrogens is 317 g/mol. The molecule has 0 aromatic heterocycles. The maximum absolute atomic E-state index is 12.7. The molecule has 6 heteroatoms. The number of carbonyl (C=O) groups is 1. The first kappa shape index (κ1) is 17.3. The van der Waals surface area contributed by atoms with Crippen molar-refractivity contribution in [3.8, 4) is 0 Å². The van der Waals surface area contributed by atoms with E-state index in [0.29, 0.717) is 12.5 Å². The predicted molar refractivity (Wildman–Crippen MR) is 85.6 cm³/mol. The van der Waals surface area contributed by atoms with Gasteiger partial charge in [-0.05, 0) is 49.4 Å². The summed E-state index contributed by atoms with van der Waals surface area (Å²) in [6.07, 6.45) is -0.893. The van der Waals surface area contributed by atoms with Crippen LogP contribution in [0.2, 0.25) is 0 Å². The largest absolute Gasteiger partial charge is 0.416 e. The number of nitrogens with zero attached hydrogens (tertiary/aromatic N) is 1. The number of alkyl halides is 3. The molecule has 0 aliphatic carbocycles. The van der Waals surface area contributed by atoms with Crippen molar-refractivity contribution in [2.24, 2.45) is 0 Å². The monoisotopic (exact) mass is 340 g/mol. The van der Waals surface area contributed by atoms with Crippen LogP contribution >= 0.6 is 0 Å². The summed E-state index contributed by atoms with van der Waals surface area (Å²) >= 11 is 0. The van der Waals surface area contributed by atoms with E-state index < -0.39 is 11.7 Å². The maximum Gasteiger partial charge on any atom is 0.416 e. The van der Waals surface area contributed by atoms with E-state index in [2.05, 4.69) is 5.32 Å². The van der Waals surface area contributed by atoms with Crippen molar-refractivity contribution in [3.63, 3.8) is 0 Å². The molecular formula is C18H23F3N2O. The summed E-state index contributed by atoms with van der Waals surface area (Å²) in [6.45, 7) is 3.69. The Kier molecular flexibility index (Phi) is 4.85. The highest BCUT2D eigenvalue weighted by Crippen LogP contribution is 2.32. The Hall–Kier alpha value is -1.56. The number of hydrogen-bond acceptors (Lipinski definition) is 2. The average molecular weight is 340 g/mol. The van der Waals surface area contributed by atoms with Gasteiger partial charge in [0.1, 0.15) is 0 Å². The fraction of sp³-hybridized carbons (Fsp3) is 0.611. The molecule has 0 radical (unpaired) electrons. The van der Waals surface area contributed by atoms with Gasteiger partial charge in [0.2, 0.25) is 5.91 Å². The highest BCUT2D eigenvalue weighted by atomic mass is 19.4. The topological polar surface area (TPSA) is 32.3 Å². The standard InChI is InChI=1S/C18H23F3N2O/c1-12(13-2-4-14(5-3-13)18(19,20)21)10-17(24)23-15-6-7-16(23)11-22-9-8-15/h2-5,12,15-16,22H,6-11H2,1H3. The molecule has 0 spiro atoms. The molecule has 1 aromatic carbocycles. The lowest BCUT2D eigenvalue weighted by molar-refractivity contribution is -0.137. The molecule has 2 aliphatic heterocycles. The van der Waals surface area contributed by atoms with Crippen LogP contribution < -0.4 is 5.32 Å². The molecule has 1 N–H and O–H groups in total. The normalized spacial score (nSPS) is 25.4.